The lowest BCUT2D eigenvalue weighted by atomic mass is 9.97. The smallest absolute Gasteiger partial charge is 0.279 e. The highest BCUT2D eigenvalue weighted by Gasteiger charge is 2.26. The number of halogens is 1. The van der Waals surface area contributed by atoms with E-state index in [0.29, 0.717) is 11.6 Å². The fraction of sp³-hybridized carbons (Fsp3) is 0.133. The van der Waals surface area contributed by atoms with E-state index in [1.165, 1.54) is 5.56 Å². The van der Waals surface area contributed by atoms with Gasteiger partial charge in [-0.3, -0.25) is 4.79 Å². The first kappa shape index (κ1) is 12.2. The van der Waals surface area contributed by atoms with Crippen molar-refractivity contribution in [2.45, 2.75) is 6.04 Å². The number of carbonyl (C=O) groups excluding carboxylic acids is 1. The lowest BCUT2D eigenvalue weighted by Gasteiger charge is -2.15. The third-order valence-corrected chi connectivity index (χ3v) is 3.56. The third-order valence-electron chi connectivity index (χ3n) is 3.32. The summed E-state index contributed by atoms with van der Waals surface area (Å²) in [6.07, 6.45) is 0. The molecule has 0 fully saturated rings. The van der Waals surface area contributed by atoms with Crippen molar-refractivity contribution in [3.63, 3.8) is 0 Å². The molecule has 3 nitrogen and oxygen atoms in total. The molecule has 0 aliphatic carbocycles. The summed E-state index contributed by atoms with van der Waals surface area (Å²) in [6.45, 7) is 0.409. The fourth-order valence-corrected chi connectivity index (χ4v) is 2.61. The predicted octanol–water partition coefficient (Wildman–Crippen LogP) is 1.94. The molecule has 0 radical (unpaired) electrons. The standard InChI is InChI=1S/C15H13ClN2O/c16-11-6-7-13-12(8-11)15(17-9-14(19)18-13)10-4-2-1-3-5-10/h1-8,15,17H,9H2,(H,18,19)/p+1/t15-/m1/s1. The van der Waals surface area contributed by atoms with E-state index in [0.717, 1.165) is 11.3 Å². The van der Waals surface area contributed by atoms with Gasteiger partial charge in [-0.05, 0) is 18.2 Å². The van der Waals surface area contributed by atoms with E-state index in [2.05, 4.69) is 17.4 Å². The van der Waals surface area contributed by atoms with E-state index >= 15 is 0 Å². The monoisotopic (exact) mass is 273 g/mol. The maximum absolute atomic E-state index is 11.7. The molecule has 0 saturated carbocycles. The molecule has 1 aliphatic rings. The van der Waals surface area contributed by atoms with Crippen LogP contribution in [0, 0.1) is 0 Å². The first-order valence-corrected chi connectivity index (χ1v) is 6.59. The second kappa shape index (κ2) is 5.03. The number of benzene rings is 2. The quantitative estimate of drug-likeness (QED) is 0.820. The molecule has 4 heteroatoms. The molecule has 0 unspecified atom stereocenters. The number of hydrogen-bond donors (Lipinski definition) is 2. The Morgan fingerprint density at radius 1 is 1.16 bits per heavy atom. The van der Waals surface area contributed by atoms with Crippen molar-refractivity contribution < 1.29 is 10.1 Å². The molecule has 3 rings (SSSR count). The normalized spacial score (nSPS) is 18.4. The molecule has 1 aliphatic heterocycles. The number of quaternary nitrogens is 1. The summed E-state index contributed by atoms with van der Waals surface area (Å²) in [6, 6.07) is 15.8. The van der Waals surface area contributed by atoms with E-state index in [4.69, 9.17) is 11.6 Å². The van der Waals surface area contributed by atoms with Crippen LogP contribution in [0.2, 0.25) is 5.02 Å². The highest BCUT2D eigenvalue weighted by atomic mass is 35.5. The Kier molecular flexibility index (Phi) is 3.23. The lowest BCUT2D eigenvalue weighted by molar-refractivity contribution is -0.675. The van der Waals surface area contributed by atoms with Gasteiger partial charge in [0, 0.05) is 16.1 Å². The van der Waals surface area contributed by atoms with E-state index in [-0.39, 0.29) is 11.9 Å². The highest BCUT2D eigenvalue weighted by molar-refractivity contribution is 6.30. The van der Waals surface area contributed by atoms with Gasteiger partial charge in [-0.1, -0.05) is 41.9 Å². The zero-order valence-corrected chi connectivity index (χ0v) is 11.0. The van der Waals surface area contributed by atoms with E-state index in [1.54, 1.807) is 6.07 Å². The minimum Gasteiger partial charge on any atom is -0.328 e. The number of hydrogen-bond acceptors (Lipinski definition) is 1. The fourth-order valence-electron chi connectivity index (χ4n) is 2.43. The molecule has 0 spiro atoms. The minimum atomic E-state index is 0.0157. The average molecular weight is 274 g/mol. The van der Waals surface area contributed by atoms with Crippen molar-refractivity contribution in [3.8, 4) is 0 Å². The zero-order chi connectivity index (χ0) is 13.2. The average Bonchev–Trinajstić information content (AvgIpc) is 2.58. The van der Waals surface area contributed by atoms with Gasteiger partial charge in [0.1, 0.15) is 6.04 Å². The summed E-state index contributed by atoms with van der Waals surface area (Å²) in [4.78, 5) is 11.7. The Balaban J connectivity index is 2.11. The molecule has 2 aromatic carbocycles. The van der Waals surface area contributed by atoms with Crippen LogP contribution in [0.25, 0.3) is 0 Å². The van der Waals surface area contributed by atoms with E-state index in [9.17, 15) is 4.79 Å². The first-order valence-electron chi connectivity index (χ1n) is 6.21. The summed E-state index contributed by atoms with van der Waals surface area (Å²) >= 11 is 6.09. The Morgan fingerprint density at radius 3 is 2.74 bits per heavy atom. The molecular formula is C15H14ClN2O+. The molecule has 1 amide bonds. The van der Waals surface area contributed by atoms with E-state index < -0.39 is 0 Å². The van der Waals surface area contributed by atoms with Crippen molar-refractivity contribution in [3.05, 3.63) is 64.7 Å². The maximum Gasteiger partial charge on any atom is 0.279 e. The highest BCUT2D eigenvalue weighted by Crippen LogP contribution is 2.29. The second-order valence-corrected chi connectivity index (χ2v) is 5.04. The molecule has 1 heterocycles. The van der Waals surface area contributed by atoms with Gasteiger partial charge >= 0.3 is 0 Å². The number of nitrogens with two attached hydrogens (primary N) is 1. The molecule has 96 valence electrons. The van der Waals surface area contributed by atoms with Crippen molar-refractivity contribution in [1.29, 1.82) is 0 Å². The predicted molar refractivity (Wildman–Crippen MR) is 75.2 cm³/mol. The van der Waals surface area contributed by atoms with Crippen LogP contribution in [0.1, 0.15) is 17.2 Å². The number of amides is 1. The summed E-state index contributed by atoms with van der Waals surface area (Å²) < 4.78 is 0. The molecule has 0 aromatic heterocycles. The minimum absolute atomic E-state index is 0.0157. The SMILES string of the molecule is O=C1C[NH2+][C@H](c2ccccc2)c2cc(Cl)ccc2N1. The van der Waals surface area contributed by atoms with Crippen molar-refractivity contribution in [2.24, 2.45) is 0 Å². The largest absolute Gasteiger partial charge is 0.328 e. The molecule has 19 heavy (non-hydrogen) atoms. The second-order valence-electron chi connectivity index (χ2n) is 4.61. The van der Waals surface area contributed by atoms with Gasteiger partial charge in [0.2, 0.25) is 0 Å². The van der Waals surface area contributed by atoms with Crippen LogP contribution in [0.3, 0.4) is 0 Å². The van der Waals surface area contributed by atoms with Crippen LogP contribution < -0.4 is 10.6 Å². The summed E-state index contributed by atoms with van der Waals surface area (Å²) in [5.74, 6) is 0.0157. The molecule has 2 aromatic rings. The third kappa shape index (κ3) is 2.48. The van der Waals surface area contributed by atoms with Crippen LogP contribution in [-0.2, 0) is 4.79 Å². The summed E-state index contributed by atoms with van der Waals surface area (Å²) in [5.41, 5.74) is 3.06. The van der Waals surface area contributed by atoms with Gasteiger partial charge in [-0.15, -0.1) is 0 Å². The number of carbonyl (C=O) groups is 1. The topological polar surface area (TPSA) is 45.7 Å². The van der Waals surface area contributed by atoms with Crippen molar-refractivity contribution in [2.75, 3.05) is 11.9 Å². The molecular weight excluding hydrogens is 260 g/mol. The van der Waals surface area contributed by atoms with Crippen LogP contribution >= 0.6 is 11.6 Å². The van der Waals surface area contributed by atoms with E-state index in [1.807, 2.05) is 35.6 Å². The maximum atomic E-state index is 11.7. The van der Waals surface area contributed by atoms with Gasteiger partial charge in [0.15, 0.2) is 6.54 Å². The van der Waals surface area contributed by atoms with Gasteiger partial charge in [-0.2, -0.15) is 0 Å². The zero-order valence-electron chi connectivity index (χ0n) is 10.3. The van der Waals surface area contributed by atoms with Crippen molar-refractivity contribution in [1.82, 2.24) is 0 Å². The van der Waals surface area contributed by atoms with Gasteiger partial charge in [0.05, 0.1) is 5.69 Å². The van der Waals surface area contributed by atoms with Crippen LogP contribution in [0.4, 0.5) is 5.69 Å². The summed E-state index contributed by atoms with van der Waals surface area (Å²) in [5, 5.41) is 5.64. The number of rotatable bonds is 1. The van der Waals surface area contributed by atoms with Gasteiger partial charge in [0.25, 0.3) is 5.91 Å². The molecule has 0 saturated heterocycles. The summed E-state index contributed by atoms with van der Waals surface area (Å²) in [7, 11) is 0. The molecule has 3 N–H and O–H groups in total. The number of fused-ring (bicyclic) bond motifs is 1. The lowest BCUT2D eigenvalue weighted by Crippen LogP contribution is -2.86. The molecule has 1 atom stereocenters. The Hall–Kier alpha value is -1.84. The van der Waals surface area contributed by atoms with Gasteiger partial charge in [-0.25, -0.2) is 0 Å². The Morgan fingerprint density at radius 2 is 1.95 bits per heavy atom. The van der Waals surface area contributed by atoms with Crippen LogP contribution in [0.5, 0.6) is 0 Å². The Bertz CT molecular complexity index is 613. The Labute approximate surface area is 116 Å². The van der Waals surface area contributed by atoms with Crippen LogP contribution in [0.15, 0.2) is 48.5 Å². The first-order chi connectivity index (χ1) is 9.24. The number of nitrogens with one attached hydrogen (secondary N) is 1. The van der Waals surface area contributed by atoms with Crippen molar-refractivity contribution >= 4 is 23.2 Å². The van der Waals surface area contributed by atoms with Gasteiger partial charge < -0.3 is 10.6 Å². The van der Waals surface area contributed by atoms with Crippen LogP contribution in [-0.4, -0.2) is 12.5 Å². The molecule has 0 bridgehead atoms. The number of anilines is 1.